The summed E-state index contributed by atoms with van der Waals surface area (Å²) in [6.45, 7) is 28.3. The van der Waals surface area contributed by atoms with Crippen molar-refractivity contribution in [2.24, 2.45) is 5.92 Å². The molecule has 2 aliphatic rings. The lowest BCUT2D eigenvalue weighted by Crippen LogP contribution is -2.70. The number of aliphatic hydroxyl groups is 1. The number of likely N-dealkylation sites (tertiary alicyclic amines) is 1. The Morgan fingerprint density at radius 3 is 1.91 bits per heavy atom. The zero-order chi connectivity index (χ0) is 26.7. The Balaban J connectivity index is 2.24. The second-order valence-electron chi connectivity index (χ2n) is 14.3. The molecule has 4 atom stereocenters. The van der Waals surface area contributed by atoms with E-state index in [0.29, 0.717) is 19.5 Å². The van der Waals surface area contributed by atoms with E-state index in [1.54, 1.807) is 4.90 Å². The molecule has 0 spiro atoms. The van der Waals surface area contributed by atoms with Crippen molar-refractivity contribution in [1.29, 1.82) is 0 Å². The van der Waals surface area contributed by atoms with Gasteiger partial charge in [0, 0.05) is 13.1 Å². The lowest BCUT2D eigenvalue weighted by atomic mass is 9.89. The van der Waals surface area contributed by atoms with Crippen molar-refractivity contribution in [3.8, 4) is 0 Å². The third kappa shape index (κ3) is 5.90. The number of hydrogen-bond donors (Lipinski definition) is 1. The Bertz CT molecular complexity index is 780. The molecule has 2 saturated heterocycles. The van der Waals surface area contributed by atoms with Crippen molar-refractivity contribution in [3.05, 3.63) is 0 Å². The number of nitrogens with zero attached hydrogens (tertiary/aromatic N) is 2. The number of amides is 2. The van der Waals surface area contributed by atoms with Gasteiger partial charge in [-0.05, 0) is 50.4 Å². The largest absolute Gasteiger partial charge is 0.444 e. The van der Waals surface area contributed by atoms with Gasteiger partial charge in [-0.15, -0.1) is 0 Å². The van der Waals surface area contributed by atoms with E-state index >= 15 is 0 Å². The molecule has 34 heavy (non-hydrogen) atoms. The minimum Gasteiger partial charge on any atom is -0.444 e. The zero-order valence-corrected chi connectivity index (χ0v) is 25.9. The molecule has 0 radical (unpaired) electrons. The van der Waals surface area contributed by atoms with Crippen molar-refractivity contribution in [1.82, 2.24) is 9.47 Å². The average molecular weight is 515 g/mol. The molecule has 2 amide bonds. The molecule has 1 N–H and O–H groups in total. The molecule has 2 fully saturated rings. The molecule has 0 aromatic rings. The van der Waals surface area contributed by atoms with Crippen molar-refractivity contribution >= 4 is 28.6 Å². The Morgan fingerprint density at radius 1 is 0.971 bits per heavy atom. The number of aliphatic hydroxyl groups excluding tert-OH is 1. The highest BCUT2D eigenvalue weighted by Crippen LogP contribution is 2.44. The average Bonchev–Trinajstić information content (AvgIpc) is 3.00. The summed E-state index contributed by atoms with van der Waals surface area (Å²) in [6, 6.07) is -0.500. The summed E-state index contributed by atoms with van der Waals surface area (Å²) in [7, 11) is -4.07. The van der Waals surface area contributed by atoms with E-state index in [0.717, 1.165) is 0 Å². The molecule has 7 nitrogen and oxygen atoms in total. The number of hydrogen-bond acceptors (Lipinski definition) is 5. The first-order valence-corrected chi connectivity index (χ1v) is 18.5. The van der Waals surface area contributed by atoms with Gasteiger partial charge in [0.1, 0.15) is 5.60 Å². The summed E-state index contributed by atoms with van der Waals surface area (Å²) >= 11 is 0. The van der Waals surface area contributed by atoms with Crippen LogP contribution in [0.4, 0.5) is 4.79 Å². The smallest absolute Gasteiger partial charge is 0.410 e. The summed E-state index contributed by atoms with van der Waals surface area (Å²) in [6.07, 6.45) is -1.06. The second kappa shape index (κ2) is 9.19. The SMILES string of the molecule is CC(C)(C)OC(=O)N1CC(O[Si](C)(C)C(C)(C)C)C[C@H]1C(O)C1CN([Si](C)(C)C(C)(C)C)C1=O. The Morgan fingerprint density at radius 2 is 1.50 bits per heavy atom. The van der Waals surface area contributed by atoms with E-state index in [-0.39, 0.29) is 22.1 Å². The van der Waals surface area contributed by atoms with Gasteiger partial charge in [-0.3, -0.25) is 9.69 Å². The minimum atomic E-state index is -2.07. The summed E-state index contributed by atoms with van der Waals surface area (Å²) in [5, 5.41) is 11.5. The fourth-order valence-electron chi connectivity index (χ4n) is 4.24. The lowest BCUT2D eigenvalue weighted by Gasteiger charge is -2.54. The van der Waals surface area contributed by atoms with Gasteiger partial charge in [0.05, 0.1) is 24.2 Å². The molecule has 198 valence electrons. The van der Waals surface area contributed by atoms with E-state index in [1.807, 2.05) is 25.3 Å². The van der Waals surface area contributed by atoms with Gasteiger partial charge in [-0.1, -0.05) is 54.6 Å². The molecule has 2 aliphatic heterocycles. The van der Waals surface area contributed by atoms with Gasteiger partial charge >= 0.3 is 6.09 Å². The number of rotatable bonds is 5. The molecule has 3 unspecified atom stereocenters. The van der Waals surface area contributed by atoms with E-state index in [4.69, 9.17) is 9.16 Å². The minimum absolute atomic E-state index is 0.0111. The molecule has 9 heteroatoms. The molecular weight excluding hydrogens is 464 g/mol. The van der Waals surface area contributed by atoms with Crippen LogP contribution in [-0.2, 0) is 14.0 Å². The number of ether oxygens (including phenoxy) is 1. The van der Waals surface area contributed by atoms with Crippen LogP contribution in [0.25, 0.3) is 0 Å². The van der Waals surface area contributed by atoms with Gasteiger partial charge in [0.2, 0.25) is 5.91 Å². The highest BCUT2D eigenvalue weighted by Gasteiger charge is 2.56. The molecule has 0 aromatic heterocycles. The topological polar surface area (TPSA) is 79.3 Å². The van der Waals surface area contributed by atoms with Gasteiger partial charge < -0.3 is 18.8 Å². The Hall–Kier alpha value is -0.906. The monoisotopic (exact) mass is 514 g/mol. The fourth-order valence-corrected chi connectivity index (χ4v) is 7.78. The highest BCUT2D eigenvalue weighted by molar-refractivity contribution is 6.79. The van der Waals surface area contributed by atoms with Crippen LogP contribution in [-0.4, -0.2) is 80.1 Å². The van der Waals surface area contributed by atoms with E-state index in [2.05, 4.69) is 67.7 Å². The molecule has 0 saturated carbocycles. The van der Waals surface area contributed by atoms with E-state index in [1.165, 1.54) is 0 Å². The van der Waals surface area contributed by atoms with Gasteiger partial charge in [-0.25, -0.2) is 4.79 Å². The first-order chi connectivity index (χ1) is 15.0. The number of β-lactam (4-membered cyclic amide) rings is 1. The predicted molar refractivity (Wildman–Crippen MR) is 142 cm³/mol. The van der Waals surface area contributed by atoms with Crippen molar-refractivity contribution in [2.75, 3.05) is 13.1 Å². The lowest BCUT2D eigenvalue weighted by molar-refractivity contribution is -0.150. The summed E-state index contributed by atoms with van der Waals surface area (Å²) in [4.78, 5) is 28.0. The van der Waals surface area contributed by atoms with Crippen molar-refractivity contribution in [2.45, 2.75) is 129 Å². The van der Waals surface area contributed by atoms with Crippen LogP contribution in [0.1, 0.15) is 68.7 Å². The summed E-state index contributed by atoms with van der Waals surface area (Å²) in [5.41, 5.74) is -0.642. The van der Waals surface area contributed by atoms with Gasteiger partial charge in [0.15, 0.2) is 16.6 Å². The van der Waals surface area contributed by atoms with Crippen LogP contribution >= 0.6 is 0 Å². The van der Waals surface area contributed by atoms with E-state index < -0.39 is 46.3 Å². The normalized spacial score (nSPS) is 25.9. The van der Waals surface area contributed by atoms with Gasteiger partial charge in [0.25, 0.3) is 0 Å². The second-order valence-corrected chi connectivity index (χ2v) is 24.2. The molecular formula is C25H50N2O5Si2. The molecule has 0 aromatic carbocycles. The fraction of sp³-hybridized carbons (Fsp3) is 0.920. The molecule has 2 heterocycles. The van der Waals surface area contributed by atoms with Crippen molar-refractivity contribution < 1.29 is 23.9 Å². The third-order valence-corrected chi connectivity index (χ3v) is 18.4. The zero-order valence-electron chi connectivity index (χ0n) is 23.9. The first-order valence-electron chi connectivity index (χ1n) is 12.7. The maximum Gasteiger partial charge on any atom is 0.410 e. The third-order valence-electron chi connectivity index (χ3n) is 8.48. The molecule has 2 rings (SSSR count). The summed E-state index contributed by atoms with van der Waals surface area (Å²) < 4.78 is 14.3. The molecule has 0 bridgehead atoms. The van der Waals surface area contributed by atoms with Crippen LogP contribution in [0.15, 0.2) is 0 Å². The number of carbonyl (C=O) groups excluding carboxylic acids is 2. The van der Waals surface area contributed by atoms with Crippen molar-refractivity contribution in [3.63, 3.8) is 0 Å². The Labute approximate surface area is 209 Å². The first kappa shape index (κ1) is 29.3. The van der Waals surface area contributed by atoms with Crippen LogP contribution in [0, 0.1) is 5.92 Å². The highest BCUT2D eigenvalue weighted by atomic mass is 28.4. The Kier molecular flexibility index (Phi) is 7.93. The van der Waals surface area contributed by atoms with Gasteiger partial charge in [-0.2, -0.15) is 0 Å². The van der Waals surface area contributed by atoms with Crippen LogP contribution in [0.2, 0.25) is 36.3 Å². The van der Waals surface area contributed by atoms with Crippen LogP contribution in [0.5, 0.6) is 0 Å². The van der Waals surface area contributed by atoms with Crippen LogP contribution in [0.3, 0.4) is 0 Å². The van der Waals surface area contributed by atoms with Crippen LogP contribution < -0.4 is 0 Å². The quantitative estimate of drug-likeness (QED) is 0.402. The standard InChI is InChI=1S/C25H50N2O5Si2/c1-23(2,3)31-22(30)26-15-17(32-34(12,13)25(7,8)9)14-19(26)20(28)18-16-27(21(18)29)33(10,11)24(4,5)6/h17-20,28H,14-16H2,1-13H3/t17?,18?,19-,20?/m0/s1. The summed E-state index contributed by atoms with van der Waals surface area (Å²) in [5.74, 6) is -0.479. The predicted octanol–water partition coefficient (Wildman–Crippen LogP) is 5.21. The maximum atomic E-state index is 13.2. The maximum absolute atomic E-state index is 13.2. The molecule has 0 aliphatic carbocycles. The number of carbonyl (C=O) groups is 2. The van der Waals surface area contributed by atoms with E-state index in [9.17, 15) is 14.7 Å².